The van der Waals surface area contributed by atoms with Crippen LogP contribution in [0.15, 0.2) is 47.1 Å². The van der Waals surface area contributed by atoms with Crippen molar-refractivity contribution in [3.8, 4) is 0 Å². The number of carbonyl (C=O) groups excluding carboxylic acids is 1. The molecular weight excluding hydrogens is 280 g/mol. The molecule has 0 amide bonds. The zero-order chi connectivity index (χ0) is 12.3. The van der Waals surface area contributed by atoms with Gasteiger partial charge in [0.25, 0.3) is 0 Å². The monoisotopic (exact) mass is 290 g/mol. The summed E-state index contributed by atoms with van der Waals surface area (Å²) in [5.41, 5.74) is 7.47. The van der Waals surface area contributed by atoms with Crippen LogP contribution in [-0.2, 0) is 6.42 Å². The molecule has 0 radical (unpaired) electrons. The number of hydrogen-bond acceptors (Lipinski definition) is 3. The van der Waals surface area contributed by atoms with E-state index in [0.717, 1.165) is 10.0 Å². The lowest BCUT2D eigenvalue weighted by Gasteiger charge is -2.03. The molecule has 17 heavy (non-hydrogen) atoms. The highest BCUT2D eigenvalue weighted by Crippen LogP contribution is 2.17. The summed E-state index contributed by atoms with van der Waals surface area (Å²) >= 11 is 3.42. The molecule has 2 aromatic rings. The van der Waals surface area contributed by atoms with Gasteiger partial charge in [0, 0.05) is 10.9 Å². The first-order valence-electron chi connectivity index (χ1n) is 5.15. The fourth-order valence-electron chi connectivity index (χ4n) is 1.48. The first kappa shape index (κ1) is 11.8. The maximum Gasteiger partial charge on any atom is 0.185 e. The van der Waals surface area contributed by atoms with E-state index >= 15 is 0 Å². The molecule has 0 aliphatic rings. The number of Topliss-reactive ketones (excluding diaryl/α,β-unsaturated/α-hetero) is 1. The molecule has 0 atom stereocenters. The van der Waals surface area contributed by atoms with Gasteiger partial charge in [0.15, 0.2) is 5.78 Å². The number of carbonyl (C=O) groups is 1. The third kappa shape index (κ3) is 2.91. The van der Waals surface area contributed by atoms with Gasteiger partial charge in [-0.3, -0.25) is 9.78 Å². The summed E-state index contributed by atoms with van der Waals surface area (Å²) in [5.74, 6) is -0.0168. The number of aromatic nitrogens is 1. The summed E-state index contributed by atoms with van der Waals surface area (Å²) in [7, 11) is 0. The summed E-state index contributed by atoms with van der Waals surface area (Å²) in [6.07, 6.45) is 1.83. The number of hydrogen-bond donors (Lipinski definition) is 1. The summed E-state index contributed by atoms with van der Waals surface area (Å²) < 4.78 is 0.934. The van der Waals surface area contributed by atoms with E-state index in [1.54, 1.807) is 12.1 Å². The minimum absolute atomic E-state index is 0.0168. The fraction of sp³-hybridized carbons (Fsp3) is 0.0769. The molecule has 0 aliphatic heterocycles. The van der Waals surface area contributed by atoms with Crippen LogP contribution in [-0.4, -0.2) is 10.8 Å². The standard InChI is InChI=1S/C13H11BrN2O/c14-11-4-2-1-3-9(11)7-13(17)12-6-5-10(15)8-16-12/h1-6,8H,7,15H2. The van der Waals surface area contributed by atoms with Gasteiger partial charge in [-0.15, -0.1) is 0 Å². The van der Waals surface area contributed by atoms with Crippen LogP contribution in [0.3, 0.4) is 0 Å². The first-order valence-corrected chi connectivity index (χ1v) is 5.94. The van der Waals surface area contributed by atoms with E-state index < -0.39 is 0 Å². The van der Waals surface area contributed by atoms with Crippen molar-refractivity contribution in [2.45, 2.75) is 6.42 Å². The van der Waals surface area contributed by atoms with E-state index in [4.69, 9.17) is 5.73 Å². The minimum atomic E-state index is -0.0168. The highest BCUT2D eigenvalue weighted by molar-refractivity contribution is 9.10. The second kappa shape index (κ2) is 5.10. The van der Waals surface area contributed by atoms with E-state index in [9.17, 15) is 4.79 Å². The lowest BCUT2D eigenvalue weighted by Crippen LogP contribution is -2.06. The topological polar surface area (TPSA) is 56.0 Å². The van der Waals surface area contributed by atoms with Crippen molar-refractivity contribution in [1.29, 1.82) is 0 Å². The van der Waals surface area contributed by atoms with Gasteiger partial charge in [-0.2, -0.15) is 0 Å². The van der Waals surface area contributed by atoms with Crippen molar-refractivity contribution >= 4 is 27.4 Å². The molecule has 2 rings (SSSR count). The SMILES string of the molecule is Nc1ccc(C(=O)Cc2ccccc2Br)nc1. The third-order valence-electron chi connectivity index (χ3n) is 2.38. The predicted octanol–water partition coefficient (Wildman–Crippen LogP) is 2.85. The largest absolute Gasteiger partial charge is 0.397 e. The third-order valence-corrected chi connectivity index (χ3v) is 3.15. The van der Waals surface area contributed by atoms with Crippen molar-refractivity contribution < 1.29 is 4.79 Å². The van der Waals surface area contributed by atoms with Gasteiger partial charge >= 0.3 is 0 Å². The molecule has 0 unspecified atom stereocenters. The number of rotatable bonds is 3. The summed E-state index contributed by atoms with van der Waals surface area (Å²) in [4.78, 5) is 16.0. The Morgan fingerprint density at radius 1 is 1.24 bits per heavy atom. The normalized spacial score (nSPS) is 10.2. The Labute approximate surface area is 108 Å². The molecule has 1 aromatic heterocycles. The van der Waals surface area contributed by atoms with E-state index in [1.807, 2.05) is 24.3 Å². The van der Waals surface area contributed by atoms with Crippen LogP contribution in [0.5, 0.6) is 0 Å². The molecule has 0 saturated carbocycles. The Balaban J connectivity index is 2.17. The molecule has 0 bridgehead atoms. The molecule has 0 saturated heterocycles. The predicted molar refractivity (Wildman–Crippen MR) is 70.8 cm³/mol. The Morgan fingerprint density at radius 2 is 2.00 bits per heavy atom. The van der Waals surface area contributed by atoms with Crippen molar-refractivity contribution in [2.24, 2.45) is 0 Å². The van der Waals surface area contributed by atoms with Gasteiger partial charge in [-0.05, 0) is 23.8 Å². The first-order chi connectivity index (χ1) is 8.16. The molecule has 1 heterocycles. The smallest absolute Gasteiger partial charge is 0.185 e. The maximum atomic E-state index is 12.0. The number of halogens is 1. The van der Waals surface area contributed by atoms with Gasteiger partial charge in [0.05, 0.1) is 11.9 Å². The van der Waals surface area contributed by atoms with Crippen LogP contribution < -0.4 is 5.73 Å². The number of nitrogens with zero attached hydrogens (tertiary/aromatic N) is 1. The second-order valence-corrected chi connectivity index (χ2v) is 4.52. The van der Waals surface area contributed by atoms with E-state index in [0.29, 0.717) is 17.8 Å². The van der Waals surface area contributed by atoms with Crippen molar-refractivity contribution in [3.63, 3.8) is 0 Å². The van der Waals surface area contributed by atoms with Gasteiger partial charge < -0.3 is 5.73 Å². The zero-order valence-corrected chi connectivity index (χ0v) is 10.6. The van der Waals surface area contributed by atoms with Gasteiger partial charge in [-0.1, -0.05) is 34.1 Å². The minimum Gasteiger partial charge on any atom is -0.397 e. The van der Waals surface area contributed by atoms with Crippen LogP contribution in [0.25, 0.3) is 0 Å². The van der Waals surface area contributed by atoms with Gasteiger partial charge in [0.2, 0.25) is 0 Å². The number of nitrogens with two attached hydrogens (primary N) is 1. The zero-order valence-electron chi connectivity index (χ0n) is 9.06. The average Bonchev–Trinajstić information content (AvgIpc) is 2.33. The Kier molecular flexibility index (Phi) is 3.54. The van der Waals surface area contributed by atoms with Crippen molar-refractivity contribution in [2.75, 3.05) is 5.73 Å². The summed E-state index contributed by atoms with van der Waals surface area (Å²) in [6.45, 7) is 0. The lowest BCUT2D eigenvalue weighted by molar-refractivity contribution is 0.0988. The van der Waals surface area contributed by atoms with Gasteiger partial charge in [-0.25, -0.2) is 0 Å². The number of anilines is 1. The van der Waals surface area contributed by atoms with Crippen molar-refractivity contribution in [1.82, 2.24) is 4.98 Å². The number of ketones is 1. The molecule has 0 spiro atoms. The second-order valence-electron chi connectivity index (χ2n) is 3.67. The van der Waals surface area contributed by atoms with E-state index in [1.165, 1.54) is 6.20 Å². The molecule has 86 valence electrons. The Morgan fingerprint density at radius 3 is 2.65 bits per heavy atom. The van der Waals surface area contributed by atoms with E-state index in [2.05, 4.69) is 20.9 Å². The summed E-state index contributed by atoms with van der Waals surface area (Å²) in [5, 5.41) is 0. The Hall–Kier alpha value is -1.68. The molecule has 0 aliphatic carbocycles. The van der Waals surface area contributed by atoms with Crippen LogP contribution >= 0.6 is 15.9 Å². The number of benzene rings is 1. The quantitative estimate of drug-likeness (QED) is 0.885. The van der Waals surface area contributed by atoms with Crippen LogP contribution in [0, 0.1) is 0 Å². The van der Waals surface area contributed by atoms with Crippen LogP contribution in [0.2, 0.25) is 0 Å². The Bertz CT molecular complexity index is 537. The molecular formula is C13H11BrN2O. The number of pyridine rings is 1. The van der Waals surface area contributed by atoms with Gasteiger partial charge in [0.1, 0.15) is 5.69 Å². The number of nitrogen functional groups attached to an aromatic ring is 1. The summed E-state index contributed by atoms with van der Waals surface area (Å²) in [6, 6.07) is 11.0. The molecule has 4 heteroatoms. The van der Waals surface area contributed by atoms with Crippen LogP contribution in [0.1, 0.15) is 16.1 Å². The van der Waals surface area contributed by atoms with Crippen LogP contribution in [0.4, 0.5) is 5.69 Å². The molecule has 1 aromatic carbocycles. The molecule has 0 fully saturated rings. The highest BCUT2D eigenvalue weighted by Gasteiger charge is 2.09. The van der Waals surface area contributed by atoms with Crippen molar-refractivity contribution in [3.05, 3.63) is 58.3 Å². The maximum absolute atomic E-state index is 12.0. The highest BCUT2D eigenvalue weighted by atomic mass is 79.9. The van der Waals surface area contributed by atoms with E-state index in [-0.39, 0.29) is 5.78 Å². The average molecular weight is 291 g/mol. The molecule has 3 nitrogen and oxygen atoms in total. The fourth-order valence-corrected chi connectivity index (χ4v) is 1.90. The lowest BCUT2D eigenvalue weighted by atomic mass is 10.1. The molecule has 2 N–H and O–H groups in total.